The van der Waals surface area contributed by atoms with Crippen LogP contribution in [0.3, 0.4) is 0 Å². The molecule has 0 radical (unpaired) electrons. The molecule has 0 saturated heterocycles. The first-order valence-electron chi connectivity index (χ1n) is 2.93. The number of hydrogen-bond donors (Lipinski definition) is 2. The van der Waals surface area contributed by atoms with Gasteiger partial charge in [-0.2, -0.15) is 0 Å². The highest BCUT2D eigenvalue weighted by Crippen LogP contribution is 2.01. The van der Waals surface area contributed by atoms with Crippen molar-refractivity contribution in [1.82, 2.24) is 9.97 Å². The van der Waals surface area contributed by atoms with E-state index in [0.29, 0.717) is 17.3 Å². The lowest BCUT2D eigenvalue weighted by Crippen LogP contribution is -1.99. The average Bonchev–Trinajstić information content (AvgIpc) is 1.85. The van der Waals surface area contributed by atoms with Gasteiger partial charge in [0, 0.05) is 6.07 Å². The molecule has 4 heteroatoms. The van der Waals surface area contributed by atoms with Gasteiger partial charge < -0.3 is 10.8 Å². The second kappa shape index (κ2) is 2.62. The zero-order valence-electron chi connectivity index (χ0n) is 5.70. The molecule has 0 atom stereocenters. The normalized spacial score (nSPS) is 9.80. The largest absolute Gasteiger partial charge is 0.390 e. The maximum Gasteiger partial charge on any atom is 0.128 e. The smallest absolute Gasteiger partial charge is 0.128 e. The number of aryl methyl sites for hydroxylation is 1. The van der Waals surface area contributed by atoms with E-state index >= 15 is 0 Å². The number of aliphatic hydroxyl groups is 1. The fourth-order valence-corrected chi connectivity index (χ4v) is 0.736. The Morgan fingerprint density at radius 3 is 2.80 bits per heavy atom. The Morgan fingerprint density at radius 2 is 2.30 bits per heavy atom. The SMILES string of the molecule is Cc1nc(N)cc(CO)n1. The van der Waals surface area contributed by atoms with Gasteiger partial charge in [0.25, 0.3) is 0 Å². The lowest BCUT2D eigenvalue weighted by atomic mass is 10.4. The van der Waals surface area contributed by atoms with E-state index in [0.717, 1.165) is 0 Å². The van der Waals surface area contributed by atoms with Crippen LogP contribution in [0.2, 0.25) is 0 Å². The second-order valence-corrected chi connectivity index (χ2v) is 1.99. The number of nitrogens with two attached hydrogens (primary N) is 1. The third-order valence-electron chi connectivity index (χ3n) is 1.07. The molecule has 0 saturated carbocycles. The van der Waals surface area contributed by atoms with Crippen molar-refractivity contribution in [3.05, 3.63) is 17.6 Å². The summed E-state index contributed by atoms with van der Waals surface area (Å²) < 4.78 is 0. The van der Waals surface area contributed by atoms with Gasteiger partial charge in [0.05, 0.1) is 12.3 Å². The van der Waals surface area contributed by atoms with Crippen molar-refractivity contribution in [2.75, 3.05) is 5.73 Å². The van der Waals surface area contributed by atoms with Crippen molar-refractivity contribution in [1.29, 1.82) is 0 Å². The fraction of sp³-hybridized carbons (Fsp3) is 0.333. The summed E-state index contributed by atoms with van der Waals surface area (Å²) in [5.41, 5.74) is 5.93. The summed E-state index contributed by atoms with van der Waals surface area (Å²) in [5.74, 6) is 0.987. The Balaban J connectivity index is 3.06. The zero-order chi connectivity index (χ0) is 7.56. The van der Waals surface area contributed by atoms with E-state index in [2.05, 4.69) is 9.97 Å². The summed E-state index contributed by atoms with van der Waals surface area (Å²) in [5, 5.41) is 8.64. The predicted octanol–water partition coefficient (Wildman–Crippen LogP) is -0.140. The van der Waals surface area contributed by atoms with E-state index < -0.39 is 0 Å². The number of aromatic nitrogens is 2. The van der Waals surface area contributed by atoms with Crippen LogP contribution in [-0.4, -0.2) is 15.1 Å². The minimum atomic E-state index is -0.0897. The summed E-state index contributed by atoms with van der Waals surface area (Å²) in [6, 6.07) is 1.55. The van der Waals surface area contributed by atoms with Gasteiger partial charge >= 0.3 is 0 Å². The molecule has 0 amide bonds. The number of rotatable bonds is 1. The minimum absolute atomic E-state index is 0.0897. The molecule has 0 bridgehead atoms. The summed E-state index contributed by atoms with van der Waals surface area (Å²) >= 11 is 0. The molecule has 10 heavy (non-hydrogen) atoms. The third-order valence-corrected chi connectivity index (χ3v) is 1.07. The van der Waals surface area contributed by atoms with Gasteiger partial charge in [-0.3, -0.25) is 0 Å². The van der Waals surface area contributed by atoms with E-state index in [9.17, 15) is 0 Å². The van der Waals surface area contributed by atoms with Gasteiger partial charge in [-0.05, 0) is 6.92 Å². The van der Waals surface area contributed by atoms with Crippen LogP contribution in [0.15, 0.2) is 6.07 Å². The van der Waals surface area contributed by atoms with Crippen LogP contribution in [0.1, 0.15) is 11.5 Å². The first kappa shape index (κ1) is 6.95. The van der Waals surface area contributed by atoms with Crippen LogP contribution in [0.25, 0.3) is 0 Å². The number of nitrogens with zero attached hydrogens (tertiary/aromatic N) is 2. The Morgan fingerprint density at radius 1 is 1.60 bits per heavy atom. The van der Waals surface area contributed by atoms with Crippen molar-refractivity contribution in [2.24, 2.45) is 0 Å². The van der Waals surface area contributed by atoms with Gasteiger partial charge in [0.1, 0.15) is 11.6 Å². The summed E-state index contributed by atoms with van der Waals surface area (Å²) in [6.07, 6.45) is 0. The highest BCUT2D eigenvalue weighted by atomic mass is 16.3. The van der Waals surface area contributed by atoms with E-state index in [1.54, 1.807) is 13.0 Å². The van der Waals surface area contributed by atoms with Crippen molar-refractivity contribution >= 4 is 5.82 Å². The van der Waals surface area contributed by atoms with Crippen molar-refractivity contribution in [2.45, 2.75) is 13.5 Å². The molecule has 0 aliphatic rings. The number of nitrogen functional groups attached to an aromatic ring is 1. The van der Waals surface area contributed by atoms with E-state index in [1.807, 2.05) is 0 Å². The Hall–Kier alpha value is -1.16. The van der Waals surface area contributed by atoms with Gasteiger partial charge in [0.15, 0.2) is 0 Å². The van der Waals surface area contributed by atoms with Crippen LogP contribution in [0.4, 0.5) is 5.82 Å². The highest BCUT2D eigenvalue weighted by molar-refractivity contribution is 5.29. The lowest BCUT2D eigenvalue weighted by molar-refractivity contribution is 0.276. The van der Waals surface area contributed by atoms with Crippen molar-refractivity contribution in [3.8, 4) is 0 Å². The lowest BCUT2D eigenvalue weighted by Gasteiger charge is -1.97. The number of hydrogen-bond acceptors (Lipinski definition) is 4. The average molecular weight is 139 g/mol. The molecule has 0 unspecified atom stereocenters. The zero-order valence-corrected chi connectivity index (χ0v) is 5.70. The molecule has 0 fully saturated rings. The predicted molar refractivity (Wildman–Crippen MR) is 37.1 cm³/mol. The third kappa shape index (κ3) is 1.41. The van der Waals surface area contributed by atoms with Crippen LogP contribution >= 0.6 is 0 Å². The van der Waals surface area contributed by atoms with Crippen molar-refractivity contribution in [3.63, 3.8) is 0 Å². The van der Waals surface area contributed by atoms with E-state index in [-0.39, 0.29) is 6.61 Å². The van der Waals surface area contributed by atoms with Crippen LogP contribution in [0, 0.1) is 6.92 Å². The topological polar surface area (TPSA) is 72.0 Å². The molecule has 0 aromatic carbocycles. The van der Waals surface area contributed by atoms with Crippen LogP contribution in [0.5, 0.6) is 0 Å². The molecule has 3 N–H and O–H groups in total. The molecule has 1 aromatic heterocycles. The van der Waals surface area contributed by atoms with Gasteiger partial charge in [0.2, 0.25) is 0 Å². The van der Waals surface area contributed by atoms with Gasteiger partial charge in [-0.15, -0.1) is 0 Å². The monoisotopic (exact) mass is 139 g/mol. The summed E-state index contributed by atoms with van der Waals surface area (Å²) in [4.78, 5) is 7.75. The Bertz CT molecular complexity index is 216. The highest BCUT2D eigenvalue weighted by Gasteiger charge is 1.95. The Labute approximate surface area is 58.7 Å². The molecule has 4 nitrogen and oxygen atoms in total. The molecule has 0 spiro atoms. The second-order valence-electron chi connectivity index (χ2n) is 1.99. The number of anilines is 1. The van der Waals surface area contributed by atoms with E-state index in [1.165, 1.54) is 0 Å². The first-order chi connectivity index (χ1) is 4.72. The first-order valence-corrected chi connectivity index (χ1v) is 2.93. The van der Waals surface area contributed by atoms with Gasteiger partial charge in [-0.1, -0.05) is 0 Å². The molecule has 1 rings (SSSR count). The standard InChI is InChI=1S/C6H9N3O/c1-4-8-5(3-10)2-6(7)9-4/h2,10H,3H2,1H3,(H2,7,8,9). The number of aliphatic hydroxyl groups excluding tert-OH is 1. The van der Waals surface area contributed by atoms with Crippen molar-refractivity contribution < 1.29 is 5.11 Å². The summed E-state index contributed by atoms with van der Waals surface area (Å²) in [7, 11) is 0. The molecule has 1 heterocycles. The quantitative estimate of drug-likeness (QED) is 0.568. The maximum absolute atomic E-state index is 8.64. The maximum atomic E-state index is 8.64. The molecule has 1 aromatic rings. The summed E-state index contributed by atoms with van der Waals surface area (Å²) in [6.45, 7) is 1.64. The minimum Gasteiger partial charge on any atom is -0.390 e. The Kier molecular flexibility index (Phi) is 1.82. The molecular weight excluding hydrogens is 130 g/mol. The molecular formula is C6H9N3O. The van der Waals surface area contributed by atoms with Crippen LogP contribution < -0.4 is 5.73 Å². The molecule has 0 aliphatic heterocycles. The molecule has 0 aliphatic carbocycles. The fourth-order valence-electron chi connectivity index (χ4n) is 0.736. The van der Waals surface area contributed by atoms with Gasteiger partial charge in [-0.25, -0.2) is 9.97 Å². The van der Waals surface area contributed by atoms with Crippen LogP contribution in [-0.2, 0) is 6.61 Å². The van der Waals surface area contributed by atoms with E-state index in [4.69, 9.17) is 10.8 Å². The molecule has 54 valence electrons.